The number of rotatable bonds is 2. The molecule has 0 N–H and O–H groups in total. The highest BCUT2D eigenvalue weighted by Gasteiger charge is 2.09. The molecule has 2 aromatic carbocycles. The maximum Gasteiger partial charge on any atom is 0.385 e. The first-order valence-electron chi connectivity index (χ1n) is 4.78. The molecule has 0 saturated heterocycles. The summed E-state index contributed by atoms with van der Waals surface area (Å²) in [6.07, 6.45) is 0. The molecule has 0 aliphatic rings. The Balaban J connectivity index is 2.29. The van der Waals surface area contributed by atoms with Crippen molar-refractivity contribution in [2.45, 2.75) is 0 Å². The lowest BCUT2D eigenvalue weighted by Gasteiger charge is -2.08. The maximum absolute atomic E-state index is 8.55. The van der Waals surface area contributed by atoms with E-state index in [1.54, 1.807) is 42.5 Å². The molecular weight excluding hydrogens is 259 g/mol. The summed E-state index contributed by atoms with van der Waals surface area (Å²) in [7, 11) is 0. The summed E-state index contributed by atoms with van der Waals surface area (Å²) in [6.45, 7) is 0. The highest BCUT2D eigenvalue weighted by atomic mass is 35.5. The van der Waals surface area contributed by atoms with E-state index in [2.05, 4.69) is 4.98 Å². The predicted molar refractivity (Wildman–Crippen MR) is 67.7 cm³/mol. The van der Waals surface area contributed by atoms with E-state index in [0.717, 1.165) is 0 Å². The third-order valence-corrected chi connectivity index (χ3v) is 2.69. The Morgan fingerprint density at radius 3 is 2.06 bits per heavy atom. The number of para-hydroxylation sites is 1. The van der Waals surface area contributed by atoms with Gasteiger partial charge in [0.1, 0.15) is 5.75 Å². The van der Waals surface area contributed by atoms with Gasteiger partial charge in [-0.05, 0) is 24.3 Å². The minimum Gasteiger partial charge on any atom is -0.454 e. The zero-order valence-electron chi connectivity index (χ0n) is 8.60. The van der Waals surface area contributed by atoms with Crippen LogP contribution < -0.4 is 4.74 Å². The number of ether oxygens (including phenoxy) is 1. The van der Waals surface area contributed by atoms with Crippen molar-refractivity contribution in [2.24, 2.45) is 0 Å². The monoisotopic (exact) mass is 265 g/mol. The van der Waals surface area contributed by atoms with E-state index in [1.807, 2.05) is 0 Å². The summed E-state index contributed by atoms with van der Waals surface area (Å²) < 4.78 is 5.55. The van der Waals surface area contributed by atoms with Crippen molar-refractivity contribution < 1.29 is 4.74 Å². The summed E-state index contributed by atoms with van der Waals surface area (Å²) in [5.41, 5.74) is 0.447. The molecule has 0 atom stereocenters. The minimum atomic E-state index is 0.407. The van der Waals surface area contributed by atoms with Crippen molar-refractivity contribution in [3.05, 3.63) is 57.5 Å². The van der Waals surface area contributed by atoms with Gasteiger partial charge >= 0.3 is 5.69 Å². The first-order chi connectivity index (χ1) is 8.20. The van der Waals surface area contributed by atoms with Crippen LogP contribution in [0.1, 0.15) is 0 Å². The number of hydrogen-bond acceptors (Lipinski definition) is 2. The summed E-state index contributed by atoms with van der Waals surface area (Å²) >= 11 is 11.9. The van der Waals surface area contributed by atoms with Crippen LogP contribution in [0.15, 0.2) is 42.5 Å². The van der Waals surface area contributed by atoms with Crippen LogP contribution in [0.4, 0.5) is 5.69 Å². The molecule has 2 rings (SSSR count). The molecule has 2 aromatic rings. The average molecular weight is 266 g/mol. The van der Waals surface area contributed by atoms with Crippen LogP contribution >= 0.6 is 23.2 Å². The Morgan fingerprint density at radius 2 is 1.53 bits per heavy atom. The zero-order valence-corrected chi connectivity index (χ0v) is 10.1. The van der Waals surface area contributed by atoms with Gasteiger partial charge in [0.15, 0.2) is 10.7 Å². The number of nitrogens with zero attached hydrogens (tertiary/aromatic N) is 2. The lowest BCUT2D eigenvalue weighted by Crippen LogP contribution is -1.85. The van der Waals surface area contributed by atoms with E-state index in [-0.39, 0.29) is 0 Å². The summed E-state index contributed by atoms with van der Waals surface area (Å²) in [4.78, 5) is 3.05. The Hall–Kier alpha value is -1.76. The average Bonchev–Trinajstić information content (AvgIpc) is 2.35. The number of benzene rings is 2. The fraction of sp³-hybridized carbons (Fsp3) is 0. The molecule has 5 heteroatoms. The molecule has 3 nitrogen and oxygen atoms in total. The van der Waals surface area contributed by atoms with Crippen LogP contribution in [0.25, 0.3) is 4.98 Å². The third-order valence-electron chi connectivity index (χ3n) is 2.09. The van der Waals surface area contributed by atoms with Crippen molar-refractivity contribution >= 4 is 28.9 Å². The van der Waals surface area contributed by atoms with Gasteiger partial charge in [-0.25, -0.2) is 0 Å². The maximum atomic E-state index is 8.55. The van der Waals surface area contributed by atoms with Crippen LogP contribution in [0.3, 0.4) is 0 Å². The second kappa shape index (κ2) is 5.05. The van der Waals surface area contributed by atoms with Gasteiger partial charge in [-0.15, -0.1) is 0 Å². The van der Waals surface area contributed by atoms with Gasteiger partial charge in [0.25, 0.3) is 0 Å². The molecule has 17 heavy (non-hydrogen) atoms. The normalized spacial score (nSPS) is 9.71. The lowest BCUT2D eigenvalue weighted by atomic mass is 10.3. The van der Waals surface area contributed by atoms with E-state index < -0.39 is 0 Å². The molecule has 0 unspecified atom stereocenters. The summed E-state index contributed by atoms with van der Waals surface area (Å²) in [6, 6.07) is 11.7. The molecule has 0 spiro atoms. The number of diazo groups is 1. The van der Waals surface area contributed by atoms with Crippen molar-refractivity contribution in [1.29, 1.82) is 5.39 Å². The minimum absolute atomic E-state index is 0.407. The Bertz CT molecular complexity index is 556. The van der Waals surface area contributed by atoms with Crippen molar-refractivity contribution in [3.63, 3.8) is 0 Å². The molecule has 0 amide bonds. The van der Waals surface area contributed by atoms with Crippen LogP contribution in [0.2, 0.25) is 10.0 Å². The first kappa shape index (κ1) is 11.7. The van der Waals surface area contributed by atoms with Crippen molar-refractivity contribution in [3.8, 4) is 11.5 Å². The van der Waals surface area contributed by atoms with E-state index in [1.165, 1.54) is 0 Å². The van der Waals surface area contributed by atoms with Gasteiger partial charge in [-0.2, -0.15) is 0 Å². The molecule has 84 valence electrons. The van der Waals surface area contributed by atoms with E-state index >= 15 is 0 Å². The zero-order chi connectivity index (χ0) is 12.3. The van der Waals surface area contributed by atoms with Crippen LogP contribution in [0.5, 0.6) is 11.5 Å². The molecule has 0 aliphatic carbocycles. The van der Waals surface area contributed by atoms with Crippen molar-refractivity contribution in [2.75, 3.05) is 0 Å². The quantitative estimate of drug-likeness (QED) is 0.694. The molecule has 0 aromatic heterocycles. The van der Waals surface area contributed by atoms with Crippen LogP contribution in [0, 0.1) is 5.39 Å². The standard InChI is InChI=1S/C12H7Cl2N2O/c13-10-2-1-3-11(14)12(10)17-9-6-4-8(16-15)5-7-9/h1-7H/q+1. The van der Waals surface area contributed by atoms with Crippen LogP contribution in [-0.4, -0.2) is 0 Å². The number of halogens is 2. The predicted octanol–water partition coefficient (Wildman–Crippen LogP) is 5.27. The lowest BCUT2D eigenvalue weighted by molar-refractivity contribution is 0.483. The number of hydrogen-bond donors (Lipinski definition) is 0. The SMILES string of the molecule is N#[N+]c1ccc(Oc2c(Cl)cccc2Cl)cc1. The smallest absolute Gasteiger partial charge is 0.385 e. The molecular formula is C12H7Cl2N2O+. The molecule has 0 fully saturated rings. The highest BCUT2D eigenvalue weighted by Crippen LogP contribution is 2.36. The first-order valence-corrected chi connectivity index (χ1v) is 5.53. The van der Waals surface area contributed by atoms with Gasteiger partial charge in [-0.1, -0.05) is 29.3 Å². The third kappa shape index (κ3) is 2.68. The molecule has 0 aliphatic heterocycles. The van der Waals surface area contributed by atoms with Gasteiger partial charge in [0.2, 0.25) is 5.39 Å². The van der Waals surface area contributed by atoms with Crippen molar-refractivity contribution in [1.82, 2.24) is 0 Å². The summed E-state index contributed by atoms with van der Waals surface area (Å²) in [5.74, 6) is 0.969. The molecule has 0 radical (unpaired) electrons. The second-order valence-corrected chi connectivity index (χ2v) is 4.06. The van der Waals surface area contributed by atoms with Gasteiger partial charge in [0, 0.05) is 12.1 Å². The second-order valence-electron chi connectivity index (χ2n) is 3.25. The molecule has 0 bridgehead atoms. The van der Waals surface area contributed by atoms with E-state index in [0.29, 0.717) is 27.2 Å². The molecule has 0 saturated carbocycles. The fourth-order valence-corrected chi connectivity index (χ4v) is 1.75. The Kier molecular flexibility index (Phi) is 3.48. The Morgan fingerprint density at radius 1 is 0.941 bits per heavy atom. The van der Waals surface area contributed by atoms with Crippen LogP contribution in [-0.2, 0) is 0 Å². The summed E-state index contributed by atoms with van der Waals surface area (Å²) in [5, 5.41) is 9.43. The van der Waals surface area contributed by atoms with Gasteiger partial charge < -0.3 is 4.74 Å². The largest absolute Gasteiger partial charge is 0.454 e. The van der Waals surface area contributed by atoms with Gasteiger partial charge in [0.05, 0.1) is 10.0 Å². The van der Waals surface area contributed by atoms with E-state index in [9.17, 15) is 0 Å². The van der Waals surface area contributed by atoms with Gasteiger partial charge in [-0.3, -0.25) is 0 Å². The topological polar surface area (TPSA) is 37.4 Å². The highest BCUT2D eigenvalue weighted by molar-refractivity contribution is 6.37. The Labute approximate surface area is 108 Å². The van der Waals surface area contributed by atoms with E-state index in [4.69, 9.17) is 33.3 Å². The molecule has 0 heterocycles. The fourth-order valence-electron chi connectivity index (χ4n) is 1.28.